The van der Waals surface area contributed by atoms with Gasteiger partial charge in [-0.25, -0.2) is 0 Å². The number of carbonyl (C=O) groups excluding carboxylic acids is 1. The van der Waals surface area contributed by atoms with E-state index in [1.54, 1.807) is 0 Å². The maximum absolute atomic E-state index is 12.4. The Morgan fingerprint density at radius 3 is 2.33 bits per heavy atom. The normalized spacial score (nSPS) is 12.1. The van der Waals surface area contributed by atoms with Crippen LogP contribution in [0, 0.1) is 0 Å². The topological polar surface area (TPSA) is 77.2 Å². The molecule has 0 aliphatic rings. The Morgan fingerprint density at radius 1 is 1.03 bits per heavy atom. The van der Waals surface area contributed by atoms with E-state index >= 15 is 0 Å². The van der Waals surface area contributed by atoms with Gasteiger partial charge in [0.2, 0.25) is 5.91 Å². The Kier molecular flexibility index (Phi) is 11.6. The Hall–Kier alpha value is -3.15. The molecule has 0 heterocycles. The molecule has 0 fully saturated rings. The van der Waals surface area contributed by atoms with Crippen molar-refractivity contribution in [1.29, 1.82) is 0 Å². The zero-order chi connectivity index (χ0) is 22.4. The van der Waals surface area contributed by atoms with Gasteiger partial charge in [-0.1, -0.05) is 56.6 Å². The van der Waals surface area contributed by atoms with Crippen molar-refractivity contribution < 1.29 is 4.79 Å². The number of carbonyl (C=O) groups is 1. The van der Waals surface area contributed by atoms with Crippen LogP contribution in [-0.4, -0.2) is 38.1 Å². The molecule has 30 heavy (non-hydrogen) atoms. The zero-order valence-corrected chi connectivity index (χ0v) is 18.4. The van der Waals surface area contributed by atoms with Gasteiger partial charge in [-0.2, -0.15) is 0 Å². The summed E-state index contributed by atoms with van der Waals surface area (Å²) in [6.45, 7) is 18.6. The van der Waals surface area contributed by atoms with Crippen LogP contribution in [0.2, 0.25) is 0 Å². The Bertz CT molecular complexity index is 714. The van der Waals surface area contributed by atoms with E-state index in [0.717, 1.165) is 23.5 Å². The van der Waals surface area contributed by atoms with Crippen LogP contribution in [0.1, 0.15) is 25.3 Å². The van der Waals surface area contributed by atoms with Crippen molar-refractivity contribution >= 4 is 5.91 Å². The van der Waals surface area contributed by atoms with Crippen molar-refractivity contribution in [2.45, 2.75) is 38.3 Å². The van der Waals surface area contributed by atoms with Gasteiger partial charge in [-0.15, -0.1) is 0 Å². The standard InChI is InChI=1S/C24H37N5O/c1-7-26-23(14-13-18(2)25-6)24(30)28-16-20(4)27-17-21(5)29-19(3)15-22-11-9-8-10-12-22/h7-12,19,23,25-27,29H,1-2,4-5,13-17H2,3,6H3,(H,28,30)/t19?,23-/m0/s1. The fourth-order valence-electron chi connectivity index (χ4n) is 2.91. The first-order valence-corrected chi connectivity index (χ1v) is 10.3. The number of hydrogen-bond acceptors (Lipinski definition) is 5. The Labute approximate surface area is 181 Å². The smallest absolute Gasteiger partial charge is 0.242 e. The molecule has 1 amide bonds. The molecule has 0 saturated carbocycles. The summed E-state index contributed by atoms with van der Waals surface area (Å²) in [6, 6.07) is 10.2. The molecule has 1 rings (SSSR count). The fourth-order valence-corrected chi connectivity index (χ4v) is 2.91. The maximum atomic E-state index is 12.4. The van der Waals surface area contributed by atoms with E-state index in [0.29, 0.717) is 25.9 Å². The quantitative estimate of drug-likeness (QED) is 0.289. The fraction of sp³-hybridized carbons (Fsp3) is 0.375. The zero-order valence-electron chi connectivity index (χ0n) is 18.4. The third-order valence-electron chi connectivity index (χ3n) is 4.59. The summed E-state index contributed by atoms with van der Waals surface area (Å²) < 4.78 is 0. The number of amides is 1. The van der Waals surface area contributed by atoms with E-state index in [1.165, 1.54) is 11.8 Å². The molecule has 1 aromatic carbocycles. The van der Waals surface area contributed by atoms with Crippen molar-refractivity contribution in [3.8, 4) is 0 Å². The predicted molar refractivity (Wildman–Crippen MR) is 127 cm³/mol. The van der Waals surface area contributed by atoms with E-state index in [2.05, 4.69) is 72.0 Å². The van der Waals surface area contributed by atoms with Gasteiger partial charge in [0.15, 0.2) is 0 Å². The van der Waals surface area contributed by atoms with Gasteiger partial charge >= 0.3 is 0 Å². The van der Waals surface area contributed by atoms with Crippen LogP contribution in [0.5, 0.6) is 0 Å². The van der Waals surface area contributed by atoms with Crippen LogP contribution < -0.4 is 26.6 Å². The molecule has 6 nitrogen and oxygen atoms in total. The third-order valence-corrected chi connectivity index (χ3v) is 4.59. The van der Waals surface area contributed by atoms with Gasteiger partial charge in [-0.3, -0.25) is 4.79 Å². The highest BCUT2D eigenvalue weighted by atomic mass is 16.2. The lowest BCUT2D eigenvalue weighted by Gasteiger charge is -2.20. The molecule has 0 aliphatic heterocycles. The summed E-state index contributed by atoms with van der Waals surface area (Å²) >= 11 is 0. The lowest BCUT2D eigenvalue weighted by molar-refractivity contribution is -0.122. The highest BCUT2D eigenvalue weighted by Crippen LogP contribution is 2.05. The molecule has 1 unspecified atom stereocenters. The number of allylic oxidation sites excluding steroid dienone is 1. The maximum Gasteiger partial charge on any atom is 0.242 e. The third kappa shape index (κ3) is 10.4. The van der Waals surface area contributed by atoms with Crippen molar-refractivity contribution in [3.63, 3.8) is 0 Å². The minimum atomic E-state index is -0.365. The van der Waals surface area contributed by atoms with Crippen molar-refractivity contribution in [2.24, 2.45) is 0 Å². The molecule has 0 saturated heterocycles. The van der Waals surface area contributed by atoms with Crippen molar-refractivity contribution in [2.75, 3.05) is 20.1 Å². The molecular formula is C24H37N5O. The first kappa shape index (κ1) is 24.9. The molecule has 0 bridgehead atoms. The first-order chi connectivity index (χ1) is 14.3. The van der Waals surface area contributed by atoms with Gasteiger partial charge in [0.25, 0.3) is 0 Å². The SMILES string of the molecule is C=CN[C@@H](CCC(=C)NC)C(=O)NCC(=C)NCC(=C)NC(C)Cc1ccccc1. The number of nitrogens with one attached hydrogen (secondary N) is 5. The van der Waals surface area contributed by atoms with E-state index in [9.17, 15) is 4.79 Å². The Balaban J connectivity index is 2.31. The molecule has 2 atom stereocenters. The van der Waals surface area contributed by atoms with Gasteiger partial charge in [-0.05, 0) is 37.9 Å². The molecular weight excluding hydrogens is 374 g/mol. The highest BCUT2D eigenvalue weighted by Gasteiger charge is 2.16. The molecule has 164 valence electrons. The van der Waals surface area contributed by atoms with E-state index in [4.69, 9.17) is 0 Å². The van der Waals surface area contributed by atoms with Crippen LogP contribution in [0.15, 0.2) is 79.9 Å². The summed E-state index contributed by atoms with van der Waals surface area (Å²) in [5, 5.41) is 15.5. The monoisotopic (exact) mass is 411 g/mol. The lowest BCUT2D eigenvalue weighted by atomic mass is 10.1. The van der Waals surface area contributed by atoms with E-state index in [-0.39, 0.29) is 18.0 Å². The van der Waals surface area contributed by atoms with Gasteiger partial charge < -0.3 is 26.6 Å². The second kappa shape index (κ2) is 13.9. The molecule has 0 aromatic heterocycles. The largest absolute Gasteiger partial charge is 0.392 e. The second-order valence-corrected chi connectivity index (χ2v) is 7.33. The summed E-state index contributed by atoms with van der Waals surface area (Å²) in [6.07, 6.45) is 3.78. The summed E-state index contributed by atoms with van der Waals surface area (Å²) in [7, 11) is 1.82. The molecule has 0 radical (unpaired) electrons. The van der Waals surface area contributed by atoms with Crippen LogP contribution in [0.25, 0.3) is 0 Å². The van der Waals surface area contributed by atoms with Crippen molar-refractivity contribution in [1.82, 2.24) is 26.6 Å². The van der Waals surface area contributed by atoms with Crippen LogP contribution >= 0.6 is 0 Å². The van der Waals surface area contributed by atoms with Gasteiger partial charge in [0.05, 0.1) is 13.1 Å². The molecule has 6 heteroatoms. The molecule has 0 spiro atoms. The van der Waals surface area contributed by atoms with Crippen LogP contribution in [-0.2, 0) is 11.2 Å². The Morgan fingerprint density at radius 2 is 1.70 bits per heavy atom. The van der Waals surface area contributed by atoms with E-state index in [1.807, 2.05) is 25.2 Å². The minimum Gasteiger partial charge on any atom is -0.392 e. The van der Waals surface area contributed by atoms with Crippen LogP contribution in [0.3, 0.4) is 0 Å². The molecule has 0 aliphatic carbocycles. The van der Waals surface area contributed by atoms with Crippen LogP contribution in [0.4, 0.5) is 0 Å². The molecule has 5 N–H and O–H groups in total. The van der Waals surface area contributed by atoms with Gasteiger partial charge in [0.1, 0.15) is 6.04 Å². The average Bonchev–Trinajstić information content (AvgIpc) is 2.73. The lowest BCUT2D eigenvalue weighted by Crippen LogP contribution is -2.44. The van der Waals surface area contributed by atoms with Gasteiger partial charge in [0, 0.05) is 30.2 Å². The predicted octanol–water partition coefficient (Wildman–Crippen LogP) is 2.56. The minimum absolute atomic E-state index is 0.102. The molecule has 1 aromatic rings. The second-order valence-electron chi connectivity index (χ2n) is 7.33. The summed E-state index contributed by atoms with van der Waals surface area (Å²) in [4.78, 5) is 12.4. The average molecular weight is 412 g/mol. The highest BCUT2D eigenvalue weighted by molar-refractivity contribution is 5.82. The van der Waals surface area contributed by atoms with Crippen molar-refractivity contribution in [3.05, 3.63) is 85.5 Å². The van der Waals surface area contributed by atoms with E-state index < -0.39 is 0 Å². The number of benzene rings is 1. The number of hydrogen-bond donors (Lipinski definition) is 5. The number of rotatable bonds is 16. The first-order valence-electron chi connectivity index (χ1n) is 10.3. The summed E-state index contributed by atoms with van der Waals surface area (Å²) in [5.41, 5.74) is 3.77. The summed E-state index contributed by atoms with van der Waals surface area (Å²) in [5.74, 6) is -0.102.